The summed E-state index contributed by atoms with van der Waals surface area (Å²) in [5.74, 6) is -0.881. The van der Waals surface area contributed by atoms with Gasteiger partial charge in [-0.1, -0.05) is 35.0 Å². The van der Waals surface area contributed by atoms with Gasteiger partial charge in [0.25, 0.3) is 11.8 Å². The number of nitrogens with one attached hydrogen (secondary N) is 1. The molecule has 0 saturated carbocycles. The number of hydrogen-bond donors (Lipinski definition) is 3. The number of aliphatic hydroxyl groups excluding tert-OH is 2. The van der Waals surface area contributed by atoms with Crippen molar-refractivity contribution in [2.75, 3.05) is 6.54 Å². The highest BCUT2D eigenvalue weighted by Crippen LogP contribution is 2.33. The van der Waals surface area contributed by atoms with E-state index in [0.29, 0.717) is 35.0 Å². The zero-order valence-corrected chi connectivity index (χ0v) is 20.2. The lowest BCUT2D eigenvalue weighted by Crippen LogP contribution is -2.50. The van der Waals surface area contributed by atoms with E-state index < -0.39 is 24.0 Å². The maximum atomic E-state index is 12.9. The SMILES string of the molecule is Cc1noc(C)c1-c1ccc(CNC(=O)[C@H](O)[C@@H](O)C(=O)N2CCCC2c2cccc(Cl)c2)cn1. The van der Waals surface area contributed by atoms with Gasteiger partial charge in [0.2, 0.25) is 0 Å². The molecule has 1 aliphatic rings. The number of carbonyl (C=O) groups excluding carboxylic acids is 2. The molecule has 184 valence electrons. The van der Waals surface area contributed by atoms with Gasteiger partial charge in [-0.25, -0.2) is 0 Å². The topological polar surface area (TPSA) is 129 Å². The molecule has 9 nitrogen and oxygen atoms in total. The van der Waals surface area contributed by atoms with E-state index in [1.165, 1.54) is 4.90 Å². The molecule has 1 unspecified atom stereocenters. The highest BCUT2D eigenvalue weighted by molar-refractivity contribution is 6.30. The molecule has 2 amide bonds. The Morgan fingerprint density at radius 2 is 2.03 bits per heavy atom. The second kappa shape index (κ2) is 10.6. The third kappa shape index (κ3) is 5.37. The second-order valence-corrected chi connectivity index (χ2v) is 9.04. The van der Waals surface area contributed by atoms with Gasteiger partial charge >= 0.3 is 0 Å². The Balaban J connectivity index is 1.35. The second-order valence-electron chi connectivity index (χ2n) is 8.60. The van der Waals surface area contributed by atoms with Gasteiger partial charge in [-0.2, -0.15) is 0 Å². The predicted molar refractivity (Wildman–Crippen MR) is 128 cm³/mol. The van der Waals surface area contributed by atoms with Gasteiger partial charge in [0.15, 0.2) is 12.2 Å². The van der Waals surface area contributed by atoms with Gasteiger partial charge in [0, 0.05) is 24.3 Å². The van der Waals surface area contributed by atoms with E-state index in [9.17, 15) is 19.8 Å². The summed E-state index contributed by atoms with van der Waals surface area (Å²) in [6.45, 7) is 4.12. The van der Waals surface area contributed by atoms with Crippen LogP contribution in [0.5, 0.6) is 0 Å². The van der Waals surface area contributed by atoms with E-state index in [1.54, 1.807) is 43.5 Å². The quantitative estimate of drug-likeness (QED) is 0.456. The lowest BCUT2D eigenvalue weighted by molar-refractivity contribution is -0.153. The number of pyridine rings is 1. The summed E-state index contributed by atoms with van der Waals surface area (Å²) in [5, 5.41) is 27.8. The van der Waals surface area contributed by atoms with Crippen molar-refractivity contribution in [2.45, 2.75) is 51.5 Å². The minimum absolute atomic E-state index is 0.0700. The fraction of sp³-hybridized carbons (Fsp3) is 0.360. The highest BCUT2D eigenvalue weighted by atomic mass is 35.5. The number of aliphatic hydroxyl groups is 2. The van der Waals surface area contributed by atoms with Crippen LogP contribution in [-0.4, -0.2) is 55.8 Å². The van der Waals surface area contributed by atoms with Gasteiger partial charge in [-0.15, -0.1) is 0 Å². The molecule has 3 aromatic rings. The number of likely N-dealkylation sites (tertiary alicyclic amines) is 1. The van der Waals surface area contributed by atoms with Crippen molar-refractivity contribution < 1.29 is 24.3 Å². The van der Waals surface area contributed by atoms with Crippen LogP contribution in [0.1, 0.15) is 41.5 Å². The Hall–Kier alpha value is -3.27. The number of halogens is 1. The highest BCUT2D eigenvalue weighted by Gasteiger charge is 2.38. The largest absolute Gasteiger partial charge is 0.380 e. The first-order valence-electron chi connectivity index (χ1n) is 11.3. The molecule has 1 aromatic carbocycles. The third-order valence-corrected chi connectivity index (χ3v) is 6.41. The summed E-state index contributed by atoms with van der Waals surface area (Å²) in [7, 11) is 0. The van der Waals surface area contributed by atoms with Crippen molar-refractivity contribution in [1.29, 1.82) is 0 Å². The third-order valence-electron chi connectivity index (χ3n) is 6.17. The lowest BCUT2D eigenvalue weighted by Gasteiger charge is -2.28. The van der Waals surface area contributed by atoms with Crippen molar-refractivity contribution in [1.82, 2.24) is 20.4 Å². The van der Waals surface area contributed by atoms with Gasteiger partial charge < -0.3 is 25.0 Å². The number of aromatic nitrogens is 2. The first kappa shape index (κ1) is 24.8. The Bertz CT molecular complexity index is 1190. The molecule has 10 heteroatoms. The van der Waals surface area contributed by atoms with Crippen molar-refractivity contribution in [3.05, 3.63) is 70.2 Å². The summed E-state index contributed by atoms with van der Waals surface area (Å²) in [6.07, 6.45) is -0.741. The number of amides is 2. The number of aryl methyl sites for hydroxylation is 2. The van der Waals surface area contributed by atoms with Gasteiger partial charge in [-0.3, -0.25) is 14.6 Å². The van der Waals surface area contributed by atoms with Crippen LogP contribution in [0.3, 0.4) is 0 Å². The Morgan fingerprint density at radius 1 is 1.23 bits per heavy atom. The van der Waals surface area contributed by atoms with Crippen LogP contribution >= 0.6 is 11.6 Å². The first-order chi connectivity index (χ1) is 16.8. The maximum absolute atomic E-state index is 12.9. The van der Waals surface area contributed by atoms with E-state index in [1.807, 2.05) is 13.0 Å². The van der Waals surface area contributed by atoms with Crippen LogP contribution in [0, 0.1) is 13.8 Å². The molecular formula is C25H27ClN4O5. The molecule has 0 spiro atoms. The summed E-state index contributed by atoms with van der Waals surface area (Å²) in [4.78, 5) is 31.3. The van der Waals surface area contributed by atoms with E-state index in [-0.39, 0.29) is 12.6 Å². The van der Waals surface area contributed by atoms with Crippen molar-refractivity contribution in [3.8, 4) is 11.3 Å². The minimum Gasteiger partial charge on any atom is -0.380 e. The molecule has 1 saturated heterocycles. The number of nitrogens with zero attached hydrogens (tertiary/aromatic N) is 3. The van der Waals surface area contributed by atoms with E-state index in [4.69, 9.17) is 16.1 Å². The van der Waals surface area contributed by atoms with E-state index >= 15 is 0 Å². The fourth-order valence-corrected chi connectivity index (χ4v) is 4.56. The molecule has 0 bridgehead atoms. The maximum Gasteiger partial charge on any atom is 0.255 e. The summed E-state index contributed by atoms with van der Waals surface area (Å²) < 4.78 is 5.17. The van der Waals surface area contributed by atoms with Gasteiger partial charge in [-0.05, 0) is 56.0 Å². The monoisotopic (exact) mass is 498 g/mol. The molecule has 4 rings (SSSR count). The van der Waals surface area contributed by atoms with Crippen molar-refractivity contribution >= 4 is 23.4 Å². The van der Waals surface area contributed by atoms with Gasteiger partial charge in [0.1, 0.15) is 5.76 Å². The molecule has 3 atom stereocenters. The summed E-state index contributed by atoms with van der Waals surface area (Å²) in [5.41, 5.74) is 3.77. The number of carbonyl (C=O) groups is 2. The molecule has 2 aromatic heterocycles. The van der Waals surface area contributed by atoms with Crippen LogP contribution in [0.2, 0.25) is 5.02 Å². The molecular weight excluding hydrogens is 472 g/mol. The van der Waals surface area contributed by atoms with Crippen molar-refractivity contribution in [3.63, 3.8) is 0 Å². The fourth-order valence-electron chi connectivity index (χ4n) is 4.36. The van der Waals surface area contributed by atoms with E-state index in [0.717, 1.165) is 23.2 Å². The summed E-state index contributed by atoms with van der Waals surface area (Å²) in [6, 6.07) is 10.5. The van der Waals surface area contributed by atoms with Crippen LogP contribution in [0.25, 0.3) is 11.3 Å². The number of hydrogen-bond acceptors (Lipinski definition) is 7. The molecule has 3 heterocycles. The number of rotatable bonds is 7. The standard InChI is InChI=1S/C25H27ClN4O5/c1-14-21(15(2)35-29-14)19-9-8-16(12-27-19)13-28-24(33)22(31)23(32)25(34)30-10-4-7-20(30)17-5-3-6-18(26)11-17/h3,5-6,8-9,11-12,20,22-23,31-32H,4,7,10,13H2,1-2H3,(H,28,33)/t20?,22-,23-/m1/s1. The first-order valence-corrected chi connectivity index (χ1v) is 11.7. The molecule has 1 fully saturated rings. The lowest BCUT2D eigenvalue weighted by atomic mass is 10.0. The normalized spacial score (nSPS) is 17.3. The van der Waals surface area contributed by atoms with Crippen LogP contribution in [0.15, 0.2) is 47.1 Å². The molecule has 1 aliphatic heterocycles. The Labute approximate surface area is 207 Å². The van der Waals surface area contributed by atoms with E-state index in [2.05, 4.69) is 15.5 Å². The summed E-state index contributed by atoms with van der Waals surface area (Å²) >= 11 is 6.08. The Morgan fingerprint density at radius 3 is 2.69 bits per heavy atom. The molecule has 3 N–H and O–H groups in total. The predicted octanol–water partition coefficient (Wildman–Crippen LogP) is 2.71. The smallest absolute Gasteiger partial charge is 0.255 e. The van der Waals surface area contributed by atoms with Gasteiger partial charge in [0.05, 0.1) is 23.0 Å². The molecule has 0 aliphatic carbocycles. The number of benzene rings is 1. The molecule has 0 radical (unpaired) electrons. The zero-order chi connectivity index (χ0) is 25.1. The molecule has 35 heavy (non-hydrogen) atoms. The average Bonchev–Trinajstić information content (AvgIpc) is 3.48. The van der Waals surface area contributed by atoms with Crippen molar-refractivity contribution in [2.24, 2.45) is 0 Å². The van der Waals surface area contributed by atoms with Crippen LogP contribution in [0.4, 0.5) is 0 Å². The zero-order valence-electron chi connectivity index (χ0n) is 19.4. The van der Waals surface area contributed by atoms with Crippen LogP contribution < -0.4 is 5.32 Å². The minimum atomic E-state index is -1.90. The van der Waals surface area contributed by atoms with Crippen LogP contribution in [-0.2, 0) is 16.1 Å². The average molecular weight is 499 g/mol. The Kier molecular flexibility index (Phi) is 7.49.